The van der Waals surface area contributed by atoms with Crippen LogP contribution in [0.25, 0.3) is 0 Å². The van der Waals surface area contributed by atoms with E-state index < -0.39 is 10.0 Å². The average Bonchev–Trinajstić information content (AvgIpc) is 2.75. The summed E-state index contributed by atoms with van der Waals surface area (Å²) in [6, 6.07) is 5.09. The van der Waals surface area contributed by atoms with Crippen LogP contribution < -0.4 is 10.1 Å². The van der Waals surface area contributed by atoms with Crippen molar-refractivity contribution in [2.75, 3.05) is 26.8 Å². The van der Waals surface area contributed by atoms with Crippen LogP contribution in [-0.4, -0.2) is 57.1 Å². The van der Waals surface area contributed by atoms with Gasteiger partial charge >= 0.3 is 0 Å². The standard InChI is InChI=1S/C20H32N2O5S.C3H8.C2H6/c1-15-18(26-5)7-6-8-19(15)28(24,25)22-12-9-17(10-13-22)27-14-11-20(3,4)21-16(2)23;1-3-2;1-2/h6-8,17H,9-14H2,1-5H3,(H,21,23);3H2,1-2H3;1-2H3. The lowest BCUT2D eigenvalue weighted by atomic mass is 10.0. The van der Waals surface area contributed by atoms with Crippen molar-refractivity contribution >= 4 is 15.9 Å². The number of amides is 1. The van der Waals surface area contributed by atoms with E-state index in [-0.39, 0.29) is 17.6 Å². The lowest BCUT2D eigenvalue weighted by Gasteiger charge is -2.32. The van der Waals surface area contributed by atoms with Gasteiger partial charge in [0.2, 0.25) is 15.9 Å². The summed E-state index contributed by atoms with van der Waals surface area (Å²) in [5, 5.41) is 2.90. The molecule has 0 radical (unpaired) electrons. The second kappa shape index (κ2) is 15.3. The molecule has 192 valence electrons. The minimum Gasteiger partial charge on any atom is -0.496 e. The highest BCUT2D eigenvalue weighted by Gasteiger charge is 2.31. The van der Waals surface area contributed by atoms with Crippen molar-refractivity contribution in [3.05, 3.63) is 23.8 Å². The Kier molecular flexibility index (Phi) is 14.5. The molecule has 0 aliphatic carbocycles. The fourth-order valence-corrected chi connectivity index (χ4v) is 5.20. The average molecular weight is 487 g/mol. The Morgan fingerprint density at radius 1 is 1.18 bits per heavy atom. The SMILES string of the molecule is CC.CCC.COc1cccc(S(=O)(=O)N2CCC(OCCC(C)(C)NC(C)=O)CC2)c1C. The number of piperidine rings is 1. The van der Waals surface area contributed by atoms with E-state index in [0.717, 1.165) is 0 Å². The predicted molar refractivity (Wildman–Crippen MR) is 135 cm³/mol. The Morgan fingerprint density at radius 2 is 1.73 bits per heavy atom. The number of methoxy groups -OCH3 is 1. The molecular weight excluding hydrogens is 440 g/mol. The van der Waals surface area contributed by atoms with Crippen molar-refractivity contribution in [1.82, 2.24) is 9.62 Å². The maximum Gasteiger partial charge on any atom is 0.243 e. The normalized spacial score (nSPS) is 14.9. The Balaban J connectivity index is 0.00000189. The molecule has 0 aromatic heterocycles. The van der Waals surface area contributed by atoms with Gasteiger partial charge in [-0.25, -0.2) is 8.42 Å². The van der Waals surface area contributed by atoms with E-state index >= 15 is 0 Å². The van der Waals surface area contributed by atoms with Crippen molar-refractivity contribution in [3.8, 4) is 5.75 Å². The summed E-state index contributed by atoms with van der Waals surface area (Å²) in [4.78, 5) is 11.5. The van der Waals surface area contributed by atoms with Crippen LogP contribution in [0.15, 0.2) is 23.1 Å². The molecule has 8 heteroatoms. The van der Waals surface area contributed by atoms with Gasteiger partial charge in [-0.2, -0.15) is 4.31 Å². The molecule has 1 N–H and O–H groups in total. The monoisotopic (exact) mass is 486 g/mol. The molecule has 1 aliphatic rings. The van der Waals surface area contributed by atoms with E-state index in [9.17, 15) is 13.2 Å². The van der Waals surface area contributed by atoms with Gasteiger partial charge in [-0.05, 0) is 52.2 Å². The van der Waals surface area contributed by atoms with Crippen LogP contribution in [0.1, 0.15) is 79.7 Å². The van der Waals surface area contributed by atoms with E-state index in [1.54, 1.807) is 25.1 Å². The molecular formula is C25H46N2O5S. The number of sulfonamides is 1. The van der Waals surface area contributed by atoms with Gasteiger partial charge in [-0.3, -0.25) is 4.79 Å². The van der Waals surface area contributed by atoms with Gasteiger partial charge in [0, 0.05) is 37.7 Å². The van der Waals surface area contributed by atoms with Crippen LogP contribution in [-0.2, 0) is 19.6 Å². The molecule has 0 spiro atoms. The Bertz CT molecular complexity index is 801. The van der Waals surface area contributed by atoms with Crippen molar-refractivity contribution in [3.63, 3.8) is 0 Å². The van der Waals surface area contributed by atoms with E-state index in [1.807, 2.05) is 27.7 Å². The minimum absolute atomic E-state index is 0.0333. The molecule has 0 bridgehead atoms. The third-order valence-electron chi connectivity index (χ3n) is 5.07. The molecule has 1 aromatic rings. The number of benzene rings is 1. The summed E-state index contributed by atoms with van der Waals surface area (Å²) >= 11 is 0. The molecule has 1 saturated heterocycles. The quantitative estimate of drug-likeness (QED) is 0.564. The van der Waals surface area contributed by atoms with E-state index in [1.165, 1.54) is 24.8 Å². The molecule has 1 fully saturated rings. The summed E-state index contributed by atoms with van der Waals surface area (Å²) in [7, 11) is -2.02. The third-order valence-corrected chi connectivity index (χ3v) is 7.11. The van der Waals surface area contributed by atoms with Crippen LogP contribution >= 0.6 is 0 Å². The smallest absolute Gasteiger partial charge is 0.243 e. The summed E-state index contributed by atoms with van der Waals surface area (Å²) in [5.41, 5.74) is 0.309. The zero-order valence-electron chi connectivity index (χ0n) is 22.2. The number of hydrogen-bond donors (Lipinski definition) is 1. The number of ether oxygens (including phenoxy) is 2. The summed E-state index contributed by atoms with van der Waals surface area (Å²) < 4.78 is 38.8. The number of carbonyl (C=O) groups excluding carboxylic acids is 1. The minimum atomic E-state index is -3.56. The second-order valence-corrected chi connectivity index (χ2v) is 10.5. The largest absolute Gasteiger partial charge is 0.496 e. The van der Waals surface area contributed by atoms with Crippen molar-refractivity contribution in [2.45, 2.75) is 97.6 Å². The highest BCUT2D eigenvalue weighted by molar-refractivity contribution is 7.89. The number of carbonyl (C=O) groups is 1. The Morgan fingerprint density at radius 3 is 2.21 bits per heavy atom. The maximum absolute atomic E-state index is 13.0. The van der Waals surface area contributed by atoms with Gasteiger partial charge in [-0.15, -0.1) is 0 Å². The summed E-state index contributed by atoms with van der Waals surface area (Å²) in [6.45, 7) is 16.8. The van der Waals surface area contributed by atoms with Crippen molar-refractivity contribution in [2.24, 2.45) is 0 Å². The highest BCUT2D eigenvalue weighted by atomic mass is 32.2. The Labute approximate surface area is 202 Å². The van der Waals surface area contributed by atoms with Crippen LogP contribution in [0.5, 0.6) is 5.75 Å². The van der Waals surface area contributed by atoms with Crippen LogP contribution in [0.4, 0.5) is 0 Å². The molecule has 2 rings (SSSR count). The molecule has 0 saturated carbocycles. The van der Waals surface area contributed by atoms with Crippen LogP contribution in [0.2, 0.25) is 0 Å². The van der Waals surface area contributed by atoms with Crippen LogP contribution in [0.3, 0.4) is 0 Å². The van der Waals surface area contributed by atoms with Crippen LogP contribution in [0, 0.1) is 6.92 Å². The first-order valence-corrected chi connectivity index (χ1v) is 13.5. The molecule has 1 aliphatic heterocycles. The van der Waals surface area contributed by atoms with Gasteiger partial charge in [-0.1, -0.05) is 40.2 Å². The zero-order valence-corrected chi connectivity index (χ0v) is 23.0. The molecule has 1 amide bonds. The molecule has 7 nitrogen and oxygen atoms in total. The highest BCUT2D eigenvalue weighted by Crippen LogP contribution is 2.29. The fourth-order valence-electron chi connectivity index (χ4n) is 3.49. The predicted octanol–water partition coefficient (Wildman–Crippen LogP) is 4.92. The first-order valence-electron chi connectivity index (χ1n) is 12.0. The first kappa shape index (κ1) is 31.4. The number of hydrogen-bond acceptors (Lipinski definition) is 5. The van der Waals surface area contributed by atoms with Crippen molar-refractivity contribution in [1.29, 1.82) is 0 Å². The van der Waals surface area contributed by atoms with Gasteiger partial charge in [0.05, 0.1) is 18.1 Å². The lowest BCUT2D eigenvalue weighted by Crippen LogP contribution is -2.44. The van der Waals surface area contributed by atoms with Gasteiger partial charge < -0.3 is 14.8 Å². The number of nitrogens with zero attached hydrogens (tertiary/aromatic N) is 1. The van der Waals surface area contributed by atoms with Gasteiger partial charge in [0.15, 0.2) is 0 Å². The Hall–Kier alpha value is -1.64. The summed E-state index contributed by atoms with van der Waals surface area (Å²) in [5.74, 6) is 0.512. The lowest BCUT2D eigenvalue weighted by molar-refractivity contribution is -0.120. The van der Waals surface area contributed by atoms with Gasteiger partial charge in [0.1, 0.15) is 5.75 Å². The second-order valence-electron chi connectivity index (χ2n) is 8.58. The van der Waals surface area contributed by atoms with Crippen molar-refractivity contribution < 1.29 is 22.7 Å². The molecule has 33 heavy (non-hydrogen) atoms. The molecule has 1 heterocycles. The fraction of sp³-hybridized carbons (Fsp3) is 0.720. The van der Waals surface area contributed by atoms with Gasteiger partial charge in [0.25, 0.3) is 0 Å². The maximum atomic E-state index is 13.0. The third kappa shape index (κ3) is 10.4. The zero-order chi connectivity index (χ0) is 25.7. The molecule has 1 aromatic carbocycles. The van der Waals surface area contributed by atoms with E-state index in [0.29, 0.717) is 55.2 Å². The van der Waals surface area contributed by atoms with E-state index in [4.69, 9.17) is 9.47 Å². The topological polar surface area (TPSA) is 84.9 Å². The number of rotatable bonds is 8. The van der Waals surface area contributed by atoms with E-state index in [2.05, 4.69) is 19.2 Å². The first-order chi connectivity index (χ1) is 15.5. The summed E-state index contributed by atoms with van der Waals surface area (Å²) in [6.07, 6.45) is 3.30. The molecule has 0 atom stereocenters. The number of nitrogens with one attached hydrogen (secondary N) is 1. The molecule has 0 unspecified atom stereocenters.